The van der Waals surface area contributed by atoms with Crippen LogP contribution in [0.25, 0.3) is 0 Å². The fraction of sp³-hybridized carbons (Fsp3) is 0.429. The Balaban J connectivity index is 0.00000272. The van der Waals surface area contributed by atoms with Crippen molar-refractivity contribution in [1.82, 2.24) is 14.9 Å². The molecule has 1 aromatic carbocycles. The smallest absolute Gasteiger partial charge is 0.253 e. The summed E-state index contributed by atoms with van der Waals surface area (Å²) in [4.78, 5) is 37.8. The first-order valence-corrected chi connectivity index (χ1v) is 10.4. The van der Waals surface area contributed by atoms with Crippen LogP contribution in [0.3, 0.4) is 0 Å². The lowest BCUT2D eigenvalue weighted by Crippen LogP contribution is -2.57. The molecule has 0 spiro atoms. The highest BCUT2D eigenvalue weighted by molar-refractivity contribution is 7.59. The molecule has 0 unspecified atom stereocenters. The van der Waals surface area contributed by atoms with Crippen molar-refractivity contribution in [2.75, 3.05) is 35.7 Å². The number of benzene rings is 1. The zero-order valence-corrected chi connectivity index (χ0v) is 19.7. The Bertz CT molecular complexity index is 994. The molecule has 8 nitrogen and oxygen atoms in total. The minimum absolute atomic E-state index is 0. The summed E-state index contributed by atoms with van der Waals surface area (Å²) in [6.07, 6.45) is 0. The molecule has 2 aliphatic heterocycles. The van der Waals surface area contributed by atoms with E-state index in [0.29, 0.717) is 46.8 Å². The molecule has 0 saturated carbocycles. The average Bonchev–Trinajstić information content (AvgIpc) is 2.65. The third-order valence-electron chi connectivity index (χ3n) is 5.56. The predicted molar refractivity (Wildman–Crippen MR) is 128 cm³/mol. The standard InChI is InChI=1S/C21H25ClN6O2.H2S/c1-11(2)17-19(29)25-16-12(3)23-21(26-18(16)27(17)4)24-15-9-28(10-15)20(30)13-5-7-14(22)8-6-13;/h5-8,11,15,17H,9-10H2,1-4H3,(H,25,29)(H,23,24,26);1H2/t17-;/m0./s1. The molecule has 2 aromatic rings. The van der Waals surface area contributed by atoms with Crippen molar-refractivity contribution in [2.24, 2.45) is 5.92 Å². The Labute approximate surface area is 193 Å². The highest BCUT2D eigenvalue weighted by atomic mass is 35.5. The number of anilines is 3. The number of aromatic nitrogens is 2. The van der Waals surface area contributed by atoms with E-state index in [9.17, 15) is 9.59 Å². The monoisotopic (exact) mass is 462 g/mol. The summed E-state index contributed by atoms with van der Waals surface area (Å²) in [5.74, 6) is 1.29. The number of fused-ring (bicyclic) bond motifs is 1. The number of nitrogens with zero attached hydrogens (tertiary/aromatic N) is 4. The number of amides is 2. The van der Waals surface area contributed by atoms with Crippen LogP contribution in [-0.4, -0.2) is 58.9 Å². The van der Waals surface area contributed by atoms with Crippen LogP contribution in [0.1, 0.15) is 29.9 Å². The quantitative estimate of drug-likeness (QED) is 0.726. The largest absolute Gasteiger partial charge is 0.348 e. The van der Waals surface area contributed by atoms with E-state index in [2.05, 4.69) is 20.6 Å². The van der Waals surface area contributed by atoms with E-state index in [1.807, 2.05) is 32.7 Å². The number of carbonyl (C=O) groups excluding carboxylic acids is 2. The molecular weight excluding hydrogens is 436 g/mol. The van der Waals surface area contributed by atoms with Gasteiger partial charge in [0.1, 0.15) is 11.7 Å². The van der Waals surface area contributed by atoms with Crippen LogP contribution in [0.2, 0.25) is 5.02 Å². The molecule has 0 radical (unpaired) electrons. The predicted octanol–water partition coefficient (Wildman–Crippen LogP) is 2.90. The van der Waals surface area contributed by atoms with E-state index in [-0.39, 0.29) is 43.3 Å². The molecule has 2 amide bonds. The van der Waals surface area contributed by atoms with Crippen molar-refractivity contribution in [1.29, 1.82) is 0 Å². The third kappa shape index (κ3) is 4.43. The SMILES string of the molecule is Cc1nc(NC2CN(C(=O)c3ccc(Cl)cc3)C2)nc2c1NC(=O)[C@H](C(C)C)N2C.S. The van der Waals surface area contributed by atoms with Crippen LogP contribution in [0.15, 0.2) is 24.3 Å². The van der Waals surface area contributed by atoms with Gasteiger partial charge in [0, 0.05) is 30.7 Å². The van der Waals surface area contributed by atoms with Crippen molar-refractivity contribution < 1.29 is 9.59 Å². The van der Waals surface area contributed by atoms with Crippen molar-refractivity contribution in [2.45, 2.75) is 32.9 Å². The minimum Gasteiger partial charge on any atom is -0.348 e. The number of halogens is 1. The summed E-state index contributed by atoms with van der Waals surface area (Å²) in [6, 6.07) is 6.69. The van der Waals surface area contributed by atoms with E-state index in [1.165, 1.54) is 0 Å². The first-order chi connectivity index (χ1) is 14.2. The number of hydrogen-bond acceptors (Lipinski definition) is 6. The van der Waals surface area contributed by atoms with Crippen molar-refractivity contribution in [3.8, 4) is 0 Å². The number of rotatable bonds is 4. The highest BCUT2D eigenvalue weighted by Crippen LogP contribution is 2.34. The maximum Gasteiger partial charge on any atom is 0.253 e. The summed E-state index contributed by atoms with van der Waals surface area (Å²) in [5.41, 5.74) is 1.98. The number of carbonyl (C=O) groups is 2. The van der Waals surface area contributed by atoms with Gasteiger partial charge in [-0.2, -0.15) is 18.5 Å². The van der Waals surface area contributed by atoms with Gasteiger partial charge in [-0.25, -0.2) is 4.98 Å². The van der Waals surface area contributed by atoms with Crippen molar-refractivity contribution in [3.05, 3.63) is 40.5 Å². The lowest BCUT2D eigenvalue weighted by molar-refractivity contribution is -0.118. The van der Waals surface area contributed by atoms with Crippen molar-refractivity contribution >= 4 is 54.4 Å². The Morgan fingerprint density at radius 3 is 2.48 bits per heavy atom. The van der Waals surface area contributed by atoms with Crippen LogP contribution >= 0.6 is 25.1 Å². The lowest BCUT2D eigenvalue weighted by atomic mass is 9.99. The molecule has 1 aromatic heterocycles. The minimum atomic E-state index is -0.282. The van der Waals surface area contributed by atoms with E-state index in [0.717, 1.165) is 0 Å². The zero-order chi connectivity index (χ0) is 21.6. The number of likely N-dealkylation sites (tertiary alicyclic amines) is 1. The second-order valence-electron chi connectivity index (χ2n) is 8.18. The lowest BCUT2D eigenvalue weighted by Gasteiger charge is -2.40. The second-order valence-corrected chi connectivity index (χ2v) is 8.61. The van der Waals surface area contributed by atoms with Gasteiger partial charge in [0.25, 0.3) is 5.91 Å². The van der Waals surface area contributed by atoms with Crippen molar-refractivity contribution in [3.63, 3.8) is 0 Å². The van der Waals surface area contributed by atoms with Gasteiger partial charge in [-0.1, -0.05) is 25.4 Å². The topological polar surface area (TPSA) is 90.5 Å². The molecule has 0 aliphatic carbocycles. The summed E-state index contributed by atoms with van der Waals surface area (Å²) >= 11 is 5.89. The number of aryl methyl sites for hydroxylation is 1. The van der Waals surface area contributed by atoms with E-state index in [1.54, 1.807) is 29.2 Å². The summed E-state index contributed by atoms with van der Waals surface area (Å²) < 4.78 is 0. The van der Waals surface area contributed by atoms with E-state index in [4.69, 9.17) is 11.6 Å². The Hall–Kier alpha value is -2.52. The highest BCUT2D eigenvalue weighted by Gasteiger charge is 2.36. The van der Waals surface area contributed by atoms with Crippen LogP contribution in [-0.2, 0) is 4.79 Å². The fourth-order valence-corrected chi connectivity index (χ4v) is 4.10. The molecule has 3 heterocycles. The van der Waals surface area contributed by atoms with Gasteiger partial charge in [0.2, 0.25) is 11.9 Å². The summed E-state index contributed by atoms with van der Waals surface area (Å²) in [5, 5.41) is 6.87. The van der Waals surface area contributed by atoms with Gasteiger partial charge in [0.15, 0.2) is 5.82 Å². The first kappa shape index (κ1) is 23.1. The second kappa shape index (κ2) is 8.92. The third-order valence-corrected chi connectivity index (χ3v) is 5.82. The molecule has 166 valence electrons. The molecule has 2 aliphatic rings. The Morgan fingerprint density at radius 1 is 1.23 bits per heavy atom. The average molecular weight is 463 g/mol. The van der Waals surface area contributed by atoms with Gasteiger partial charge in [-0.05, 0) is 37.1 Å². The molecular formula is C21H27ClN6O2S. The first-order valence-electron chi connectivity index (χ1n) is 9.98. The van der Waals surface area contributed by atoms with Crippen LogP contribution < -0.4 is 15.5 Å². The fourth-order valence-electron chi connectivity index (χ4n) is 3.97. The van der Waals surface area contributed by atoms with E-state index >= 15 is 0 Å². The summed E-state index contributed by atoms with van der Waals surface area (Å²) in [6.45, 7) is 7.02. The molecule has 1 saturated heterocycles. The van der Waals surface area contributed by atoms with Gasteiger partial charge >= 0.3 is 0 Å². The molecule has 1 fully saturated rings. The molecule has 31 heavy (non-hydrogen) atoms. The Kier molecular flexibility index (Phi) is 6.66. The molecule has 2 N–H and O–H groups in total. The number of nitrogens with one attached hydrogen (secondary N) is 2. The molecule has 4 rings (SSSR count). The number of likely N-dealkylation sites (N-methyl/N-ethyl adjacent to an activating group) is 1. The zero-order valence-electron chi connectivity index (χ0n) is 17.9. The van der Waals surface area contributed by atoms with E-state index < -0.39 is 0 Å². The number of hydrogen-bond donors (Lipinski definition) is 2. The Morgan fingerprint density at radius 2 is 1.87 bits per heavy atom. The summed E-state index contributed by atoms with van der Waals surface area (Å²) in [7, 11) is 1.88. The van der Waals surface area contributed by atoms with Crippen LogP contribution in [0, 0.1) is 12.8 Å². The van der Waals surface area contributed by atoms with Gasteiger partial charge in [-0.15, -0.1) is 0 Å². The van der Waals surface area contributed by atoms with Gasteiger partial charge in [0.05, 0.1) is 11.7 Å². The molecule has 1 atom stereocenters. The van der Waals surface area contributed by atoms with Gasteiger partial charge in [-0.3, -0.25) is 9.59 Å². The van der Waals surface area contributed by atoms with Gasteiger partial charge < -0.3 is 20.4 Å². The van der Waals surface area contributed by atoms with Crippen LogP contribution in [0.5, 0.6) is 0 Å². The normalized spacial score (nSPS) is 18.1. The maximum absolute atomic E-state index is 12.5. The molecule has 10 heteroatoms. The molecule has 0 bridgehead atoms. The van der Waals surface area contributed by atoms with Crippen LogP contribution in [0.4, 0.5) is 17.5 Å². The maximum atomic E-state index is 12.5.